The number of hydrogen-bond donors (Lipinski definition) is 2. The number of methoxy groups -OCH3 is 1. The number of carbonyl (C=O) groups excluding carboxylic acids is 1. The lowest BCUT2D eigenvalue weighted by molar-refractivity contribution is 0.100. The lowest BCUT2D eigenvalue weighted by Gasteiger charge is -2.23. The van der Waals surface area contributed by atoms with Crippen molar-refractivity contribution in [3.05, 3.63) is 40.6 Å². The number of allylic oxidation sites excluding steroid dienone is 1. The molecule has 0 bridgehead atoms. The Bertz CT molecular complexity index is 604. The van der Waals surface area contributed by atoms with Crippen molar-refractivity contribution in [2.75, 3.05) is 7.11 Å². The summed E-state index contributed by atoms with van der Waals surface area (Å²) in [6.07, 6.45) is 1.49. The maximum atomic E-state index is 12.1. The third-order valence-corrected chi connectivity index (χ3v) is 3.36. The van der Waals surface area contributed by atoms with E-state index in [1.807, 2.05) is 26.2 Å². The first-order chi connectivity index (χ1) is 9.58. The molecule has 0 aliphatic heterocycles. The van der Waals surface area contributed by atoms with E-state index in [0.717, 1.165) is 35.2 Å². The number of rotatable bonds is 3. The molecular weight excluding hydrogens is 253 g/mol. The number of hydrogen-bond acceptors (Lipinski definition) is 2. The van der Waals surface area contributed by atoms with Crippen molar-refractivity contribution in [3.8, 4) is 0 Å². The van der Waals surface area contributed by atoms with Crippen molar-refractivity contribution in [1.29, 1.82) is 0 Å². The Morgan fingerprint density at radius 3 is 2.70 bits per heavy atom. The number of fused-ring (bicyclic) bond motifs is 1. The van der Waals surface area contributed by atoms with Gasteiger partial charge in [-0.25, -0.2) is 0 Å². The molecular formula is C14H17BN3O2. The Morgan fingerprint density at radius 1 is 1.35 bits per heavy atom. The Morgan fingerprint density at radius 2 is 2.10 bits per heavy atom. The molecule has 1 radical (unpaired) electrons. The van der Waals surface area contributed by atoms with Crippen molar-refractivity contribution in [3.63, 3.8) is 0 Å². The molecule has 2 rings (SSSR count). The number of aliphatic imine (C=N–C) groups is 1. The van der Waals surface area contributed by atoms with Crippen LogP contribution in [-0.2, 0) is 11.2 Å². The van der Waals surface area contributed by atoms with Crippen molar-refractivity contribution in [2.45, 2.75) is 19.7 Å². The molecule has 1 aliphatic carbocycles. The predicted octanol–water partition coefficient (Wildman–Crippen LogP) is 1.11. The number of amides is 1. The number of carbonyl (C=O) groups is 1. The van der Waals surface area contributed by atoms with Gasteiger partial charge in [-0.05, 0) is 29.1 Å². The van der Waals surface area contributed by atoms with Crippen molar-refractivity contribution in [1.82, 2.24) is 0 Å². The van der Waals surface area contributed by atoms with E-state index < -0.39 is 5.91 Å². The highest BCUT2D eigenvalue weighted by Gasteiger charge is 2.23. The van der Waals surface area contributed by atoms with Crippen molar-refractivity contribution < 1.29 is 9.53 Å². The molecule has 5 nitrogen and oxygen atoms in total. The van der Waals surface area contributed by atoms with Crippen LogP contribution in [0.1, 0.15) is 27.9 Å². The zero-order valence-corrected chi connectivity index (χ0v) is 11.6. The van der Waals surface area contributed by atoms with Crippen LogP contribution in [0.2, 0.25) is 6.82 Å². The predicted molar refractivity (Wildman–Crippen MR) is 80.5 cm³/mol. The molecule has 103 valence electrons. The van der Waals surface area contributed by atoms with Crippen LogP contribution < -0.4 is 11.5 Å². The van der Waals surface area contributed by atoms with Crippen molar-refractivity contribution in [2.24, 2.45) is 16.5 Å². The van der Waals surface area contributed by atoms with Gasteiger partial charge < -0.3 is 16.2 Å². The highest BCUT2D eigenvalue weighted by molar-refractivity contribution is 6.60. The monoisotopic (exact) mass is 270 g/mol. The molecule has 4 N–H and O–H groups in total. The molecule has 0 fully saturated rings. The number of guanidine groups is 1. The molecule has 0 saturated heterocycles. The molecule has 1 aromatic carbocycles. The average molecular weight is 270 g/mol. The first-order valence-corrected chi connectivity index (χ1v) is 6.41. The van der Waals surface area contributed by atoms with E-state index in [0.29, 0.717) is 5.56 Å². The maximum Gasteiger partial charge on any atom is 0.280 e. The van der Waals surface area contributed by atoms with Gasteiger partial charge in [-0.1, -0.05) is 19.0 Å². The molecule has 1 aromatic rings. The third kappa shape index (κ3) is 2.54. The van der Waals surface area contributed by atoms with E-state index >= 15 is 0 Å². The number of nitrogens with zero attached hydrogens (tertiary/aromatic N) is 1. The molecule has 0 aromatic heterocycles. The molecule has 0 spiro atoms. The number of nitrogens with two attached hydrogens (primary N) is 2. The second kappa shape index (κ2) is 5.82. The summed E-state index contributed by atoms with van der Waals surface area (Å²) in [5.74, 6) is 0.309. The minimum absolute atomic E-state index is 0.223. The van der Waals surface area contributed by atoms with Crippen LogP contribution in [-0.4, -0.2) is 26.3 Å². The van der Waals surface area contributed by atoms with Crippen LogP contribution in [0.5, 0.6) is 0 Å². The van der Waals surface area contributed by atoms with E-state index in [9.17, 15) is 4.79 Å². The minimum atomic E-state index is -0.404. The average Bonchev–Trinajstić information content (AvgIpc) is 2.44. The van der Waals surface area contributed by atoms with Gasteiger partial charge in [-0.2, -0.15) is 4.99 Å². The van der Waals surface area contributed by atoms with Crippen LogP contribution in [0.15, 0.2) is 29.0 Å². The van der Waals surface area contributed by atoms with Gasteiger partial charge in [0.2, 0.25) is 0 Å². The van der Waals surface area contributed by atoms with Crippen LogP contribution >= 0.6 is 0 Å². The van der Waals surface area contributed by atoms with Crippen molar-refractivity contribution >= 4 is 24.6 Å². The summed E-state index contributed by atoms with van der Waals surface area (Å²) in [7, 11) is 3.66. The maximum absolute atomic E-state index is 12.1. The van der Waals surface area contributed by atoms with Crippen LogP contribution in [0.4, 0.5) is 0 Å². The fourth-order valence-electron chi connectivity index (χ4n) is 2.54. The van der Waals surface area contributed by atoms with E-state index in [1.54, 1.807) is 13.2 Å². The Balaban J connectivity index is 2.55. The van der Waals surface area contributed by atoms with Crippen LogP contribution in [0.25, 0.3) is 5.47 Å². The SMILES string of the molecule is C[B]C1=C(OC)CCc2c(C(=O)N=C(N)N)cccc21. The van der Waals surface area contributed by atoms with E-state index in [4.69, 9.17) is 16.2 Å². The lowest BCUT2D eigenvalue weighted by Crippen LogP contribution is -2.24. The second-order valence-electron chi connectivity index (χ2n) is 4.50. The number of ether oxygens (including phenoxy) is 1. The molecule has 1 amide bonds. The molecule has 0 saturated carbocycles. The van der Waals surface area contributed by atoms with E-state index in [2.05, 4.69) is 4.99 Å². The van der Waals surface area contributed by atoms with Gasteiger partial charge in [0.25, 0.3) is 5.91 Å². The van der Waals surface area contributed by atoms with Gasteiger partial charge in [-0.15, -0.1) is 0 Å². The van der Waals surface area contributed by atoms with Gasteiger partial charge in [0.1, 0.15) is 0 Å². The minimum Gasteiger partial charge on any atom is -0.502 e. The summed E-state index contributed by atoms with van der Waals surface area (Å²) in [5, 5.41) is 0. The Kier molecular flexibility index (Phi) is 4.12. The van der Waals surface area contributed by atoms with Gasteiger partial charge >= 0.3 is 0 Å². The number of benzene rings is 1. The zero-order valence-electron chi connectivity index (χ0n) is 11.6. The van der Waals surface area contributed by atoms with Gasteiger partial charge in [0, 0.05) is 12.0 Å². The first kappa shape index (κ1) is 14.2. The highest BCUT2D eigenvalue weighted by atomic mass is 16.5. The summed E-state index contributed by atoms with van der Waals surface area (Å²) in [6.45, 7) is 1.95. The molecule has 0 unspecified atom stereocenters. The van der Waals surface area contributed by atoms with Gasteiger partial charge in [0.15, 0.2) is 13.2 Å². The second-order valence-corrected chi connectivity index (χ2v) is 4.50. The summed E-state index contributed by atoms with van der Waals surface area (Å²) >= 11 is 0. The summed E-state index contributed by atoms with van der Waals surface area (Å²) in [5.41, 5.74) is 14.1. The summed E-state index contributed by atoms with van der Waals surface area (Å²) in [4.78, 5) is 15.7. The van der Waals surface area contributed by atoms with Crippen LogP contribution in [0, 0.1) is 0 Å². The highest BCUT2D eigenvalue weighted by Crippen LogP contribution is 2.33. The largest absolute Gasteiger partial charge is 0.502 e. The topological polar surface area (TPSA) is 90.7 Å². The standard InChI is InChI=1S/C14H17BN3O2/c1-15-12-9-4-3-5-10(13(19)18-14(16)17)8(9)6-7-11(12)20-2/h3-5H,6-7H2,1-2H3,(H4,16,17,18,19). The first-order valence-electron chi connectivity index (χ1n) is 6.41. The third-order valence-electron chi connectivity index (χ3n) is 3.36. The van der Waals surface area contributed by atoms with Gasteiger partial charge in [-0.3, -0.25) is 4.79 Å². The van der Waals surface area contributed by atoms with Gasteiger partial charge in [0.05, 0.1) is 12.9 Å². The molecule has 6 heteroatoms. The molecule has 0 heterocycles. The van der Waals surface area contributed by atoms with E-state index in [1.165, 1.54) is 0 Å². The Labute approximate surface area is 118 Å². The fraction of sp³-hybridized carbons (Fsp3) is 0.286. The fourth-order valence-corrected chi connectivity index (χ4v) is 2.54. The molecule has 1 aliphatic rings. The lowest BCUT2D eigenvalue weighted by atomic mass is 9.64. The summed E-state index contributed by atoms with van der Waals surface area (Å²) < 4.78 is 5.41. The summed E-state index contributed by atoms with van der Waals surface area (Å²) in [6, 6.07) is 5.56. The quantitative estimate of drug-likeness (QED) is 0.489. The molecule has 20 heavy (non-hydrogen) atoms. The normalized spacial score (nSPS) is 13.5. The van der Waals surface area contributed by atoms with Crippen LogP contribution in [0.3, 0.4) is 0 Å². The Hall–Kier alpha value is -2.24. The zero-order chi connectivity index (χ0) is 14.7. The smallest absolute Gasteiger partial charge is 0.280 e. The van der Waals surface area contributed by atoms with E-state index in [-0.39, 0.29) is 5.96 Å². The molecule has 0 atom stereocenters.